The number of amides is 1. The van der Waals surface area contributed by atoms with Crippen LogP contribution in [0.15, 0.2) is 0 Å². The largest absolute Gasteiger partial charge is 0.390 e. The van der Waals surface area contributed by atoms with Crippen molar-refractivity contribution in [2.24, 2.45) is 5.92 Å². The first-order chi connectivity index (χ1) is 9.74. The highest BCUT2D eigenvalue weighted by molar-refractivity contribution is 5.85. The molecule has 22 heavy (non-hydrogen) atoms. The Kier molecular flexibility index (Phi) is 8.43. The summed E-state index contributed by atoms with van der Waals surface area (Å²) in [6, 6.07) is 0.175. The van der Waals surface area contributed by atoms with Crippen molar-refractivity contribution in [1.29, 1.82) is 0 Å². The SMILES string of the molecule is Cl.Cl.O=C(CC1CCNCC1)N1C[C@H](O)[C@@H](N2CCCC2)C1. The molecule has 0 aromatic rings. The number of nitrogens with zero attached hydrogens (tertiary/aromatic N) is 2. The molecule has 130 valence electrons. The molecule has 2 N–H and O–H groups in total. The third-order valence-electron chi connectivity index (χ3n) is 5.14. The van der Waals surface area contributed by atoms with E-state index in [1.807, 2.05) is 4.90 Å². The van der Waals surface area contributed by atoms with E-state index in [2.05, 4.69) is 10.2 Å². The van der Waals surface area contributed by atoms with Crippen LogP contribution in [-0.2, 0) is 4.79 Å². The van der Waals surface area contributed by atoms with E-state index in [-0.39, 0.29) is 42.9 Å². The van der Waals surface area contributed by atoms with Gasteiger partial charge in [0.25, 0.3) is 0 Å². The van der Waals surface area contributed by atoms with Crippen LogP contribution in [0.25, 0.3) is 0 Å². The lowest BCUT2D eigenvalue weighted by atomic mass is 9.94. The van der Waals surface area contributed by atoms with Gasteiger partial charge in [-0.05, 0) is 57.8 Å². The van der Waals surface area contributed by atoms with Crippen LogP contribution in [0.5, 0.6) is 0 Å². The number of hydrogen-bond acceptors (Lipinski definition) is 4. The Balaban J connectivity index is 0.00000121. The van der Waals surface area contributed by atoms with Crippen molar-refractivity contribution in [3.05, 3.63) is 0 Å². The maximum absolute atomic E-state index is 12.4. The van der Waals surface area contributed by atoms with Crippen LogP contribution in [0.2, 0.25) is 0 Å². The molecule has 0 aromatic carbocycles. The summed E-state index contributed by atoms with van der Waals surface area (Å²) in [6.07, 6.45) is 4.99. The number of halogens is 2. The molecule has 0 bridgehead atoms. The van der Waals surface area contributed by atoms with Gasteiger partial charge in [-0.3, -0.25) is 9.69 Å². The lowest BCUT2D eigenvalue weighted by Crippen LogP contribution is -2.41. The summed E-state index contributed by atoms with van der Waals surface area (Å²) in [5.74, 6) is 0.782. The van der Waals surface area contributed by atoms with Crippen LogP contribution >= 0.6 is 24.8 Å². The Bertz CT molecular complexity index is 348. The average molecular weight is 354 g/mol. The summed E-state index contributed by atoms with van der Waals surface area (Å²) in [5, 5.41) is 13.6. The van der Waals surface area contributed by atoms with E-state index in [4.69, 9.17) is 0 Å². The van der Waals surface area contributed by atoms with Crippen molar-refractivity contribution < 1.29 is 9.90 Å². The number of β-amino-alcohol motifs (C(OH)–C–C–N with tert-alkyl or cyclic N) is 1. The average Bonchev–Trinajstić information content (AvgIpc) is 3.08. The van der Waals surface area contributed by atoms with Crippen molar-refractivity contribution >= 4 is 30.7 Å². The lowest BCUT2D eigenvalue weighted by molar-refractivity contribution is -0.131. The smallest absolute Gasteiger partial charge is 0.222 e. The van der Waals surface area contributed by atoms with Crippen LogP contribution in [-0.4, -0.2) is 72.2 Å². The second-order valence-corrected chi connectivity index (χ2v) is 6.57. The number of nitrogens with one attached hydrogen (secondary N) is 1. The molecule has 7 heteroatoms. The summed E-state index contributed by atoms with van der Waals surface area (Å²) in [6.45, 7) is 5.50. The topological polar surface area (TPSA) is 55.8 Å². The van der Waals surface area contributed by atoms with Gasteiger partial charge in [-0.2, -0.15) is 0 Å². The van der Waals surface area contributed by atoms with Crippen molar-refractivity contribution in [2.45, 2.75) is 44.2 Å². The normalized spacial score (nSPS) is 30.0. The van der Waals surface area contributed by atoms with Gasteiger partial charge in [-0.25, -0.2) is 0 Å². The third kappa shape index (κ3) is 4.71. The summed E-state index contributed by atoms with van der Waals surface area (Å²) in [7, 11) is 0. The Hall–Kier alpha value is -0.0700. The van der Waals surface area contributed by atoms with Gasteiger partial charge in [0.15, 0.2) is 0 Å². The molecule has 3 fully saturated rings. The first kappa shape index (κ1) is 20.0. The lowest BCUT2D eigenvalue weighted by Gasteiger charge is -2.26. The van der Waals surface area contributed by atoms with E-state index in [1.165, 1.54) is 12.8 Å². The first-order valence-corrected chi connectivity index (χ1v) is 8.14. The number of aliphatic hydroxyl groups excluding tert-OH is 1. The first-order valence-electron chi connectivity index (χ1n) is 8.14. The number of piperidine rings is 1. The van der Waals surface area contributed by atoms with Gasteiger partial charge in [0.1, 0.15) is 0 Å². The predicted octanol–water partition coefficient (Wildman–Crippen LogP) is 0.887. The Morgan fingerprint density at radius 1 is 1.09 bits per heavy atom. The summed E-state index contributed by atoms with van der Waals surface area (Å²) in [5.41, 5.74) is 0. The molecular weight excluding hydrogens is 325 g/mol. The van der Waals surface area contributed by atoms with Gasteiger partial charge in [-0.15, -0.1) is 24.8 Å². The van der Waals surface area contributed by atoms with Gasteiger partial charge in [0, 0.05) is 19.5 Å². The highest BCUT2D eigenvalue weighted by Gasteiger charge is 2.38. The quantitative estimate of drug-likeness (QED) is 0.790. The fraction of sp³-hybridized carbons (Fsp3) is 0.933. The highest BCUT2D eigenvalue weighted by atomic mass is 35.5. The molecule has 0 radical (unpaired) electrons. The number of carbonyl (C=O) groups is 1. The molecule has 3 saturated heterocycles. The number of rotatable bonds is 3. The van der Waals surface area contributed by atoms with Gasteiger partial charge in [0.05, 0.1) is 12.1 Å². The van der Waals surface area contributed by atoms with Gasteiger partial charge in [0.2, 0.25) is 5.91 Å². The van der Waals surface area contributed by atoms with Crippen LogP contribution in [0.4, 0.5) is 0 Å². The molecule has 3 aliphatic heterocycles. The van der Waals surface area contributed by atoms with Crippen LogP contribution in [0.3, 0.4) is 0 Å². The molecule has 5 nitrogen and oxygen atoms in total. The predicted molar refractivity (Wildman–Crippen MR) is 91.9 cm³/mol. The zero-order chi connectivity index (χ0) is 13.9. The van der Waals surface area contributed by atoms with Crippen molar-refractivity contribution in [3.63, 3.8) is 0 Å². The molecule has 0 spiro atoms. The molecule has 3 heterocycles. The van der Waals surface area contributed by atoms with E-state index >= 15 is 0 Å². The van der Waals surface area contributed by atoms with Crippen molar-refractivity contribution in [3.8, 4) is 0 Å². The van der Waals surface area contributed by atoms with E-state index < -0.39 is 0 Å². The standard InChI is InChI=1S/C15H27N3O2.2ClH/c19-14-11-18(10-13(14)17-7-1-2-8-17)15(20)9-12-3-5-16-6-4-12;;/h12-14,16,19H,1-11H2;2*1H/t13-,14-;;/m0../s1. The minimum Gasteiger partial charge on any atom is -0.390 e. The second-order valence-electron chi connectivity index (χ2n) is 6.57. The maximum Gasteiger partial charge on any atom is 0.222 e. The zero-order valence-electron chi connectivity index (χ0n) is 13.1. The Morgan fingerprint density at radius 2 is 1.73 bits per heavy atom. The van der Waals surface area contributed by atoms with Crippen molar-refractivity contribution in [1.82, 2.24) is 15.1 Å². The molecule has 0 saturated carbocycles. The summed E-state index contributed by atoms with van der Waals surface area (Å²) < 4.78 is 0. The maximum atomic E-state index is 12.4. The van der Waals surface area contributed by atoms with Gasteiger partial charge >= 0.3 is 0 Å². The fourth-order valence-corrected chi connectivity index (χ4v) is 3.87. The second kappa shape index (κ2) is 9.28. The van der Waals surface area contributed by atoms with E-state index in [0.29, 0.717) is 18.9 Å². The molecule has 0 aromatic heterocycles. The molecule has 0 unspecified atom stereocenters. The Labute approximate surface area is 145 Å². The van der Waals surface area contributed by atoms with Crippen LogP contribution < -0.4 is 5.32 Å². The minimum absolute atomic E-state index is 0. The molecular formula is C15H29Cl2N3O2. The zero-order valence-corrected chi connectivity index (χ0v) is 14.7. The fourth-order valence-electron chi connectivity index (χ4n) is 3.87. The number of likely N-dealkylation sites (tertiary alicyclic amines) is 2. The summed E-state index contributed by atoms with van der Waals surface area (Å²) in [4.78, 5) is 16.7. The molecule has 0 aliphatic carbocycles. The molecule has 3 rings (SSSR count). The van der Waals surface area contributed by atoms with E-state index in [1.54, 1.807) is 0 Å². The molecule has 1 amide bonds. The van der Waals surface area contributed by atoms with Crippen LogP contribution in [0, 0.1) is 5.92 Å². The summed E-state index contributed by atoms with van der Waals surface area (Å²) >= 11 is 0. The van der Waals surface area contributed by atoms with Crippen LogP contribution in [0.1, 0.15) is 32.1 Å². The third-order valence-corrected chi connectivity index (χ3v) is 5.14. The number of carbonyl (C=O) groups excluding carboxylic acids is 1. The van der Waals surface area contributed by atoms with Gasteiger partial charge < -0.3 is 15.3 Å². The van der Waals surface area contributed by atoms with E-state index in [9.17, 15) is 9.90 Å². The van der Waals surface area contributed by atoms with Gasteiger partial charge in [-0.1, -0.05) is 0 Å². The molecule has 2 atom stereocenters. The minimum atomic E-state index is -0.356. The van der Waals surface area contributed by atoms with Crippen molar-refractivity contribution in [2.75, 3.05) is 39.3 Å². The Morgan fingerprint density at radius 3 is 2.36 bits per heavy atom. The highest BCUT2D eigenvalue weighted by Crippen LogP contribution is 2.23. The number of hydrogen-bond donors (Lipinski definition) is 2. The molecule has 3 aliphatic rings. The van der Waals surface area contributed by atoms with E-state index in [0.717, 1.165) is 45.6 Å². The monoisotopic (exact) mass is 353 g/mol. The number of aliphatic hydroxyl groups is 1.